The molecule has 2 heterocycles. The zero-order valence-corrected chi connectivity index (χ0v) is 16.7. The maximum Gasteiger partial charge on any atom is 0.573 e. The highest BCUT2D eigenvalue weighted by molar-refractivity contribution is 9.10. The van der Waals surface area contributed by atoms with Crippen molar-refractivity contribution in [2.45, 2.75) is 6.36 Å². The molecule has 0 aliphatic carbocycles. The number of aromatic nitrogens is 3. The molecular formula is C20H13BrF3N5O. The lowest BCUT2D eigenvalue weighted by atomic mass is 10.2. The summed E-state index contributed by atoms with van der Waals surface area (Å²) in [5.74, 6) is 0.139. The van der Waals surface area contributed by atoms with Crippen LogP contribution in [0.25, 0.3) is 10.9 Å². The summed E-state index contributed by atoms with van der Waals surface area (Å²) in [6.07, 6.45) is -1.68. The van der Waals surface area contributed by atoms with Crippen molar-refractivity contribution in [1.29, 1.82) is 0 Å². The van der Waals surface area contributed by atoms with Gasteiger partial charge < -0.3 is 15.4 Å². The molecule has 0 atom stereocenters. The summed E-state index contributed by atoms with van der Waals surface area (Å²) in [5, 5.41) is 6.82. The molecule has 0 aliphatic heterocycles. The van der Waals surface area contributed by atoms with Gasteiger partial charge in [0, 0.05) is 16.1 Å². The van der Waals surface area contributed by atoms with Crippen molar-refractivity contribution in [1.82, 2.24) is 15.0 Å². The van der Waals surface area contributed by atoms with Gasteiger partial charge in [-0.05, 0) is 36.4 Å². The lowest BCUT2D eigenvalue weighted by molar-refractivity contribution is -0.274. The third-order valence-corrected chi connectivity index (χ3v) is 4.43. The number of ether oxygens (including phenoxy) is 1. The predicted octanol–water partition coefficient (Wildman–Crippen LogP) is 6.17. The number of nitrogens with zero attached hydrogens (tertiary/aromatic N) is 3. The molecule has 0 bridgehead atoms. The van der Waals surface area contributed by atoms with Crippen LogP contribution in [0, 0.1) is 0 Å². The van der Waals surface area contributed by atoms with Gasteiger partial charge in [0.15, 0.2) is 5.75 Å². The second kappa shape index (κ2) is 8.15. The number of anilines is 4. The van der Waals surface area contributed by atoms with E-state index in [2.05, 4.69) is 46.3 Å². The molecule has 0 unspecified atom stereocenters. The molecule has 2 aromatic heterocycles. The van der Waals surface area contributed by atoms with Gasteiger partial charge in [-0.1, -0.05) is 34.1 Å². The van der Waals surface area contributed by atoms with E-state index in [1.54, 1.807) is 18.3 Å². The van der Waals surface area contributed by atoms with Crippen molar-refractivity contribution in [3.63, 3.8) is 0 Å². The van der Waals surface area contributed by atoms with Crippen molar-refractivity contribution in [2.24, 2.45) is 0 Å². The zero-order valence-electron chi connectivity index (χ0n) is 15.1. The lowest BCUT2D eigenvalue weighted by Crippen LogP contribution is -2.18. The van der Waals surface area contributed by atoms with E-state index < -0.39 is 12.1 Å². The molecule has 0 amide bonds. The highest BCUT2D eigenvalue weighted by Crippen LogP contribution is 2.34. The third-order valence-electron chi connectivity index (χ3n) is 3.93. The van der Waals surface area contributed by atoms with Crippen LogP contribution < -0.4 is 15.4 Å². The average Bonchev–Trinajstić information content (AvgIpc) is 2.69. The van der Waals surface area contributed by atoms with Gasteiger partial charge in [0.2, 0.25) is 5.95 Å². The molecule has 10 heteroatoms. The van der Waals surface area contributed by atoms with E-state index in [0.717, 1.165) is 10.9 Å². The molecule has 152 valence electrons. The number of rotatable bonds is 5. The minimum atomic E-state index is -4.83. The number of halogens is 4. The Morgan fingerprint density at radius 3 is 2.60 bits per heavy atom. The fraction of sp³-hybridized carbons (Fsp3) is 0.0500. The Morgan fingerprint density at radius 2 is 1.77 bits per heavy atom. The van der Waals surface area contributed by atoms with Crippen LogP contribution >= 0.6 is 15.9 Å². The van der Waals surface area contributed by atoms with E-state index in [-0.39, 0.29) is 11.6 Å². The lowest BCUT2D eigenvalue weighted by Gasteiger charge is -2.14. The SMILES string of the molecule is FC(F)(F)Oc1cc(Br)ccc1Nc1nccc(Nc2cnc3ccccc3c2)n1. The molecule has 4 rings (SSSR count). The fourth-order valence-electron chi connectivity index (χ4n) is 2.70. The molecule has 2 aromatic carbocycles. The van der Waals surface area contributed by atoms with Gasteiger partial charge in [0.25, 0.3) is 0 Å². The smallest absolute Gasteiger partial charge is 0.404 e. The fourth-order valence-corrected chi connectivity index (χ4v) is 3.04. The summed E-state index contributed by atoms with van der Waals surface area (Å²) in [4.78, 5) is 12.7. The van der Waals surface area contributed by atoms with E-state index in [1.165, 1.54) is 18.3 Å². The second-order valence-corrected chi connectivity index (χ2v) is 7.04. The molecule has 0 radical (unpaired) electrons. The Balaban J connectivity index is 1.56. The van der Waals surface area contributed by atoms with Gasteiger partial charge in [0.05, 0.1) is 23.1 Å². The molecule has 2 N–H and O–H groups in total. The quantitative estimate of drug-likeness (QED) is 0.359. The number of para-hydroxylation sites is 1. The third kappa shape index (κ3) is 4.95. The standard InChI is InChI=1S/C20H13BrF3N5O/c21-13-5-6-16(17(10-13)30-20(22,23)24)28-19-25-8-7-18(29-19)27-14-9-12-3-1-2-4-15(12)26-11-14/h1-11H,(H2,25,27,28,29). The van der Waals surface area contributed by atoms with Gasteiger partial charge in [-0.25, -0.2) is 4.98 Å². The van der Waals surface area contributed by atoms with Crippen LogP contribution in [-0.2, 0) is 0 Å². The maximum atomic E-state index is 12.7. The first-order chi connectivity index (χ1) is 14.4. The van der Waals surface area contributed by atoms with Gasteiger partial charge in [0.1, 0.15) is 5.82 Å². The van der Waals surface area contributed by atoms with Gasteiger partial charge in [-0.15, -0.1) is 13.2 Å². The summed E-state index contributed by atoms with van der Waals surface area (Å²) < 4.78 is 42.6. The van der Waals surface area contributed by atoms with E-state index in [9.17, 15) is 13.2 Å². The van der Waals surface area contributed by atoms with Crippen LogP contribution in [-0.4, -0.2) is 21.3 Å². The van der Waals surface area contributed by atoms with Crippen molar-refractivity contribution in [3.8, 4) is 5.75 Å². The number of pyridine rings is 1. The Hall–Kier alpha value is -3.40. The molecule has 30 heavy (non-hydrogen) atoms. The van der Waals surface area contributed by atoms with E-state index in [1.807, 2.05) is 30.3 Å². The normalized spacial score (nSPS) is 11.3. The van der Waals surface area contributed by atoms with Crippen molar-refractivity contribution in [2.75, 3.05) is 10.6 Å². The first-order valence-corrected chi connectivity index (χ1v) is 9.42. The summed E-state index contributed by atoms with van der Waals surface area (Å²) >= 11 is 3.13. The first kappa shape index (κ1) is 19.9. The molecule has 0 saturated heterocycles. The van der Waals surface area contributed by atoms with Crippen LogP contribution in [0.5, 0.6) is 5.75 Å². The Kier molecular flexibility index (Phi) is 5.40. The number of hydrogen-bond acceptors (Lipinski definition) is 6. The number of hydrogen-bond donors (Lipinski definition) is 2. The number of fused-ring (bicyclic) bond motifs is 1. The maximum absolute atomic E-state index is 12.7. The summed E-state index contributed by atoms with van der Waals surface area (Å²) in [5.41, 5.74) is 1.64. The summed E-state index contributed by atoms with van der Waals surface area (Å²) in [6, 6.07) is 15.4. The van der Waals surface area contributed by atoms with Crippen LogP contribution in [0.3, 0.4) is 0 Å². The van der Waals surface area contributed by atoms with Crippen LogP contribution in [0.4, 0.5) is 36.3 Å². The molecule has 0 fully saturated rings. The van der Waals surface area contributed by atoms with Crippen LogP contribution in [0.2, 0.25) is 0 Å². The summed E-state index contributed by atoms with van der Waals surface area (Å²) in [7, 11) is 0. The highest BCUT2D eigenvalue weighted by Gasteiger charge is 2.32. The van der Waals surface area contributed by atoms with E-state index >= 15 is 0 Å². The van der Waals surface area contributed by atoms with Crippen molar-refractivity contribution in [3.05, 3.63) is 71.5 Å². The molecule has 6 nitrogen and oxygen atoms in total. The summed E-state index contributed by atoms with van der Waals surface area (Å²) in [6.45, 7) is 0. The van der Waals surface area contributed by atoms with Crippen molar-refractivity contribution < 1.29 is 17.9 Å². The zero-order chi connectivity index (χ0) is 21.1. The van der Waals surface area contributed by atoms with E-state index in [4.69, 9.17) is 0 Å². The monoisotopic (exact) mass is 475 g/mol. The van der Waals surface area contributed by atoms with Crippen LogP contribution in [0.15, 0.2) is 71.5 Å². The first-order valence-electron chi connectivity index (χ1n) is 8.63. The molecule has 0 saturated carbocycles. The largest absolute Gasteiger partial charge is 0.573 e. The minimum Gasteiger partial charge on any atom is -0.404 e. The minimum absolute atomic E-state index is 0.0695. The predicted molar refractivity (Wildman–Crippen MR) is 111 cm³/mol. The number of benzene rings is 2. The Labute approximate surface area is 177 Å². The molecule has 0 aliphatic rings. The van der Waals surface area contributed by atoms with Crippen molar-refractivity contribution >= 4 is 50.0 Å². The molecule has 4 aromatic rings. The number of nitrogens with one attached hydrogen (secondary N) is 2. The molecule has 0 spiro atoms. The second-order valence-electron chi connectivity index (χ2n) is 6.12. The Morgan fingerprint density at radius 1 is 0.933 bits per heavy atom. The van der Waals surface area contributed by atoms with Gasteiger partial charge in [-0.3, -0.25) is 4.98 Å². The van der Waals surface area contributed by atoms with Gasteiger partial charge in [-0.2, -0.15) is 4.98 Å². The molecular weight excluding hydrogens is 463 g/mol. The average molecular weight is 476 g/mol. The van der Waals surface area contributed by atoms with Crippen LogP contribution in [0.1, 0.15) is 0 Å². The topological polar surface area (TPSA) is 72.0 Å². The number of alkyl halides is 3. The van der Waals surface area contributed by atoms with E-state index in [0.29, 0.717) is 16.0 Å². The Bertz CT molecular complexity index is 1200. The highest BCUT2D eigenvalue weighted by atomic mass is 79.9. The van der Waals surface area contributed by atoms with Gasteiger partial charge >= 0.3 is 6.36 Å².